The molecule has 0 atom stereocenters. The number of aromatic nitrogens is 3. The topological polar surface area (TPSA) is 42.7 Å². The van der Waals surface area contributed by atoms with Crippen LogP contribution in [0.1, 0.15) is 48.7 Å². The largest absolute Gasteiger partial charge is 0.381 e. The van der Waals surface area contributed by atoms with E-state index in [0.29, 0.717) is 17.3 Å². The maximum Gasteiger partial charge on any atom is 0.156 e. The van der Waals surface area contributed by atoms with E-state index in [4.69, 9.17) is 14.7 Å². The van der Waals surface area contributed by atoms with Crippen LogP contribution >= 0.6 is 0 Å². The Labute approximate surface area is 154 Å². The number of nitrogens with zero attached hydrogens (tertiary/aromatic N) is 4. The molecule has 2 saturated heterocycles. The van der Waals surface area contributed by atoms with Crippen LogP contribution in [0.15, 0.2) is 18.5 Å². The molecule has 4 heterocycles. The van der Waals surface area contributed by atoms with Crippen LogP contribution in [0, 0.1) is 11.3 Å². The maximum atomic E-state index is 5.57. The van der Waals surface area contributed by atoms with E-state index < -0.39 is 0 Å². The number of rotatable bonds is 2. The van der Waals surface area contributed by atoms with Crippen molar-refractivity contribution in [3.05, 3.63) is 35.6 Å². The molecule has 0 bridgehead atoms. The number of ether oxygens (including phenoxy) is 1. The minimum Gasteiger partial charge on any atom is -0.381 e. The summed E-state index contributed by atoms with van der Waals surface area (Å²) < 4.78 is 7.91. The van der Waals surface area contributed by atoms with Gasteiger partial charge < -0.3 is 9.64 Å². The molecule has 6 rings (SSSR count). The Kier molecular flexibility index (Phi) is 3.19. The van der Waals surface area contributed by atoms with Gasteiger partial charge in [-0.2, -0.15) is 0 Å². The van der Waals surface area contributed by atoms with Gasteiger partial charge in [-0.1, -0.05) is 6.08 Å². The molecule has 1 saturated carbocycles. The zero-order valence-electron chi connectivity index (χ0n) is 15.4. The quantitative estimate of drug-likeness (QED) is 0.835. The van der Waals surface area contributed by atoms with E-state index in [1.807, 2.05) is 6.20 Å². The van der Waals surface area contributed by atoms with Crippen LogP contribution in [-0.4, -0.2) is 52.6 Å². The van der Waals surface area contributed by atoms with E-state index in [2.05, 4.69) is 28.6 Å². The third-order valence-corrected chi connectivity index (χ3v) is 7.04. The molecule has 5 heteroatoms. The van der Waals surface area contributed by atoms with Crippen LogP contribution in [0.25, 0.3) is 11.2 Å². The molecule has 5 nitrogen and oxygen atoms in total. The van der Waals surface area contributed by atoms with Crippen molar-refractivity contribution in [3.63, 3.8) is 0 Å². The smallest absolute Gasteiger partial charge is 0.156 e. The van der Waals surface area contributed by atoms with Crippen molar-refractivity contribution >= 4 is 11.2 Å². The zero-order valence-corrected chi connectivity index (χ0v) is 15.4. The molecule has 26 heavy (non-hydrogen) atoms. The lowest BCUT2D eigenvalue weighted by molar-refractivity contribution is -0.0592. The van der Waals surface area contributed by atoms with Crippen LogP contribution in [0.3, 0.4) is 0 Å². The van der Waals surface area contributed by atoms with E-state index in [0.717, 1.165) is 38.1 Å². The first-order chi connectivity index (χ1) is 12.7. The van der Waals surface area contributed by atoms with Crippen LogP contribution in [0.2, 0.25) is 0 Å². The van der Waals surface area contributed by atoms with Gasteiger partial charge in [0.2, 0.25) is 0 Å². The monoisotopic (exact) mass is 350 g/mol. The Morgan fingerprint density at radius 1 is 1.15 bits per heavy atom. The summed E-state index contributed by atoms with van der Waals surface area (Å²) in [5.74, 6) is 1.25. The molecule has 1 spiro atoms. The number of hydrogen-bond acceptors (Lipinski definition) is 4. The van der Waals surface area contributed by atoms with Crippen LogP contribution in [-0.2, 0) is 11.2 Å². The molecule has 3 fully saturated rings. The van der Waals surface area contributed by atoms with Crippen molar-refractivity contribution in [2.24, 2.45) is 11.3 Å². The van der Waals surface area contributed by atoms with Crippen molar-refractivity contribution < 1.29 is 4.74 Å². The van der Waals surface area contributed by atoms with Crippen LogP contribution in [0.4, 0.5) is 0 Å². The second kappa shape index (κ2) is 5.40. The summed E-state index contributed by atoms with van der Waals surface area (Å²) >= 11 is 0. The standard InChI is InChI=1S/C21H26N4O/c1-24-12-21(13-24)8-15(9-21)18-11-25-19(23-18)10-22-17-3-2-16(20(17)25)14-4-6-26-7-5-14/h2,10-11,14-15H,3-9,12-13H2,1H3. The molecular weight excluding hydrogens is 324 g/mol. The van der Waals surface area contributed by atoms with Gasteiger partial charge in [0.1, 0.15) is 0 Å². The maximum absolute atomic E-state index is 5.57. The van der Waals surface area contributed by atoms with Crippen LogP contribution in [0.5, 0.6) is 0 Å². The lowest BCUT2D eigenvalue weighted by Gasteiger charge is -2.58. The average molecular weight is 350 g/mol. The minimum absolute atomic E-state index is 0.600. The minimum atomic E-state index is 0.600. The number of likely N-dealkylation sites (tertiary alicyclic amines) is 1. The lowest BCUT2D eigenvalue weighted by Crippen LogP contribution is -2.60. The molecule has 2 aliphatic carbocycles. The summed E-state index contributed by atoms with van der Waals surface area (Å²) in [6.45, 7) is 4.30. The van der Waals surface area contributed by atoms with E-state index in [-0.39, 0.29) is 0 Å². The Morgan fingerprint density at radius 3 is 2.73 bits per heavy atom. The second-order valence-electron chi connectivity index (χ2n) is 8.98. The van der Waals surface area contributed by atoms with Crippen molar-refractivity contribution in [1.82, 2.24) is 19.3 Å². The van der Waals surface area contributed by atoms with Gasteiger partial charge in [0.15, 0.2) is 5.65 Å². The number of fused-ring (bicyclic) bond motifs is 3. The Hall–Kier alpha value is -1.72. The van der Waals surface area contributed by atoms with E-state index in [1.54, 1.807) is 0 Å². The van der Waals surface area contributed by atoms with Gasteiger partial charge in [-0.25, -0.2) is 4.98 Å². The van der Waals surface area contributed by atoms with Crippen molar-refractivity contribution in [2.45, 2.75) is 38.0 Å². The van der Waals surface area contributed by atoms with Gasteiger partial charge in [-0.3, -0.25) is 9.38 Å². The van der Waals surface area contributed by atoms with E-state index >= 15 is 0 Å². The van der Waals surface area contributed by atoms with Crippen molar-refractivity contribution in [1.29, 1.82) is 0 Å². The fourth-order valence-electron chi connectivity index (χ4n) is 5.89. The van der Waals surface area contributed by atoms with Crippen molar-refractivity contribution in [3.8, 4) is 0 Å². The van der Waals surface area contributed by atoms with E-state index in [1.165, 1.54) is 48.6 Å². The van der Waals surface area contributed by atoms with Crippen LogP contribution < -0.4 is 0 Å². The predicted octanol–water partition coefficient (Wildman–Crippen LogP) is 2.90. The number of hydrogen-bond donors (Lipinski definition) is 0. The summed E-state index contributed by atoms with van der Waals surface area (Å²) in [7, 11) is 2.22. The summed E-state index contributed by atoms with van der Waals surface area (Å²) in [6.07, 6.45) is 12.5. The Balaban J connectivity index is 1.33. The molecule has 0 N–H and O–H groups in total. The second-order valence-corrected chi connectivity index (χ2v) is 8.98. The fraction of sp³-hybridized carbons (Fsp3) is 0.619. The van der Waals surface area contributed by atoms with Gasteiger partial charge in [-0.15, -0.1) is 0 Å². The molecule has 4 aliphatic rings. The van der Waals surface area contributed by atoms with Gasteiger partial charge in [0.05, 0.1) is 23.3 Å². The number of allylic oxidation sites excluding steroid dienone is 2. The predicted molar refractivity (Wildman–Crippen MR) is 100 cm³/mol. The molecule has 2 aromatic heterocycles. The highest BCUT2D eigenvalue weighted by atomic mass is 16.5. The SMILES string of the molecule is CN1CC2(CC(c3cn4c5c(ncc4n3)CC=C5C3CCOCC3)C2)C1. The first kappa shape index (κ1) is 15.3. The summed E-state index contributed by atoms with van der Waals surface area (Å²) in [5, 5.41) is 0. The van der Waals surface area contributed by atoms with Gasteiger partial charge in [0.25, 0.3) is 0 Å². The average Bonchev–Trinajstić information content (AvgIpc) is 3.20. The molecule has 0 aromatic carbocycles. The molecule has 2 aromatic rings. The van der Waals surface area contributed by atoms with Gasteiger partial charge >= 0.3 is 0 Å². The third-order valence-electron chi connectivity index (χ3n) is 7.04. The summed E-state index contributed by atoms with van der Waals surface area (Å²) in [6, 6.07) is 0. The highest BCUT2D eigenvalue weighted by molar-refractivity contribution is 5.73. The first-order valence-corrected chi connectivity index (χ1v) is 10.0. The first-order valence-electron chi connectivity index (χ1n) is 10.0. The molecule has 136 valence electrons. The normalized spacial score (nSPS) is 26.0. The Morgan fingerprint density at radius 2 is 1.96 bits per heavy atom. The van der Waals surface area contributed by atoms with E-state index in [9.17, 15) is 0 Å². The summed E-state index contributed by atoms with van der Waals surface area (Å²) in [4.78, 5) is 12.1. The fourth-order valence-corrected chi connectivity index (χ4v) is 5.89. The Bertz CT molecular complexity index is 894. The summed E-state index contributed by atoms with van der Waals surface area (Å²) in [5.41, 5.74) is 6.92. The molecule has 0 unspecified atom stereocenters. The lowest BCUT2D eigenvalue weighted by atomic mass is 9.57. The zero-order chi connectivity index (χ0) is 17.3. The highest BCUT2D eigenvalue weighted by Crippen LogP contribution is 2.55. The highest BCUT2D eigenvalue weighted by Gasteiger charge is 2.51. The molecule has 0 amide bonds. The van der Waals surface area contributed by atoms with Gasteiger partial charge in [-0.05, 0) is 49.6 Å². The number of imidazole rings is 1. The van der Waals surface area contributed by atoms with Crippen molar-refractivity contribution in [2.75, 3.05) is 33.4 Å². The third kappa shape index (κ3) is 2.16. The van der Waals surface area contributed by atoms with Gasteiger partial charge in [0, 0.05) is 44.8 Å². The molecule has 2 aliphatic heterocycles. The molecular formula is C21H26N4O. The molecule has 0 radical (unpaired) electrons.